The Morgan fingerprint density at radius 2 is 1.85 bits per heavy atom. The smallest absolute Gasteiger partial charge is 0.269 e. The molecule has 2 aromatic rings. The normalized spacial score (nSPS) is 10.5. The Balaban J connectivity index is 1.91. The highest BCUT2D eigenvalue weighted by Crippen LogP contribution is 2.23. The molecule has 0 spiro atoms. The van der Waals surface area contributed by atoms with Crippen LogP contribution >= 0.6 is 11.6 Å². The van der Waals surface area contributed by atoms with Crippen molar-refractivity contribution in [2.24, 2.45) is 0 Å². The van der Waals surface area contributed by atoms with Crippen LogP contribution in [0.5, 0.6) is 5.75 Å². The Morgan fingerprint density at radius 1 is 1.19 bits per heavy atom. The van der Waals surface area contributed by atoms with E-state index in [1.54, 1.807) is 7.05 Å². The fourth-order valence-corrected chi connectivity index (χ4v) is 2.78. The van der Waals surface area contributed by atoms with E-state index >= 15 is 0 Å². The van der Waals surface area contributed by atoms with Crippen LogP contribution < -0.4 is 4.74 Å². The molecule has 138 valence electrons. The molecule has 0 bridgehead atoms. The van der Waals surface area contributed by atoms with E-state index in [4.69, 9.17) is 16.3 Å². The van der Waals surface area contributed by atoms with E-state index in [0.29, 0.717) is 10.6 Å². The first-order chi connectivity index (χ1) is 12.3. The number of hydrogen-bond acceptors (Lipinski definition) is 4. The number of amides is 1. The summed E-state index contributed by atoms with van der Waals surface area (Å²) in [6, 6.07) is 10.1. The quantitative estimate of drug-likeness (QED) is 0.533. The number of halogens is 1. The maximum atomic E-state index is 12.3. The van der Waals surface area contributed by atoms with Gasteiger partial charge in [-0.15, -0.1) is 0 Å². The number of hydrogen-bond donors (Lipinski definition) is 0. The number of non-ortho nitro benzene ring substituents is 1. The van der Waals surface area contributed by atoms with Gasteiger partial charge < -0.3 is 9.64 Å². The monoisotopic (exact) mass is 376 g/mol. The van der Waals surface area contributed by atoms with Crippen molar-refractivity contribution in [3.05, 3.63) is 68.2 Å². The number of ether oxygens (including phenoxy) is 1. The molecule has 0 heterocycles. The highest BCUT2D eigenvalue weighted by atomic mass is 35.5. The van der Waals surface area contributed by atoms with Crippen molar-refractivity contribution in [1.82, 2.24) is 4.90 Å². The van der Waals surface area contributed by atoms with Crippen LogP contribution in [-0.4, -0.2) is 29.4 Å². The van der Waals surface area contributed by atoms with E-state index in [1.807, 2.05) is 26.0 Å². The molecule has 0 aliphatic rings. The molecule has 6 nitrogen and oxygen atoms in total. The first kappa shape index (κ1) is 19.7. The summed E-state index contributed by atoms with van der Waals surface area (Å²) in [6.07, 6.45) is 0.204. The van der Waals surface area contributed by atoms with Gasteiger partial charge in [-0.1, -0.05) is 17.7 Å². The first-order valence-electron chi connectivity index (χ1n) is 8.14. The topological polar surface area (TPSA) is 72.7 Å². The second-order valence-electron chi connectivity index (χ2n) is 6.20. The zero-order valence-corrected chi connectivity index (χ0v) is 15.7. The molecular formula is C19H21ClN2O4. The first-order valence-corrected chi connectivity index (χ1v) is 8.52. The van der Waals surface area contributed by atoms with Crippen LogP contribution in [-0.2, 0) is 11.3 Å². The van der Waals surface area contributed by atoms with Gasteiger partial charge >= 0.3 is 0 Å². The van der Waals surface area contributed by atoms with Crippen molar-refractivity contribution < 1.29 is 14.5 Å². The third kappa shape index (κ3) is 5.46. The van der Waals surface area contributed by atoms with E-state index in [2.05, 4.69) is 6.07 Å². The minimum absolute atomic E-state index is 0.0524. The Morgan fingerprint density at radius 3 is 2.46 bits per heavy atom. The second-order valence-corrected chi connectivity index (χ2v) is 6.61. The lowest BCUT2D eigenvalue weighted by Crippen LogP contribution is -2.27. The fourth-order valence-electron chi connectivity index (χ4n) is 2.60. The molecule has 7 heteroatoms. The van der Waals surface area contributed by atoms with Gasteiger partial charge in [-0.05, 0) is 48.7 Å². The summed E-state index contributed by atoms with van der Waals surface area (Å²) in [5, 5.41) is 11.3. The molecule has 2 rings (SSSR count). The molecule has 0 aromatic heterocycles. The lowest BCUT2D eigenvalue weighted by atomic mass is 10.1. The van der Waals surface area contributed by atoms with E-state index in [-0.39, 0.29) is 31.2 Å². The Labute approximate surface area is 157 Å². The van der Waals surface area contributed by atoms with E-state index < -0.39 is 4.92 Å². The summed E-state index contributed by atoms with van der Waals surface area (Å²) in [5.41, 5.74) is 2.68. The molecule has 1 amide bonds. The van der Waals surface area contributed by atoms with Gasteiger partial charge in [-0.2, -0.15) is 0 Å². The number of rotatable bonds is 7. The average Bonchev–Trinajstić information content (AvgIpc) is 2.55. The summed E-state index contributed by atoms with van der Waals surface area (Å²) >= 11 is 6.08. The molecule has 0 saturated heterocycles. The molecule has 0 saturated carbocycles. The van der Waals surface area contributed by atoms with Crippen molar-refractivity contribution in [1.29, 1.82) is 0 Å². The molecule has 0 unspecified atom stereocenters. The van der Waals surface area contributed by atoms with Crippen molar-refractivity contribution >= 4 is 23.2 Å². The fraction of sp³-hybridized carbons (Fsp3) is 0.316. The Kier molecular flexibility index (Phi) is 6.58. The summed E-state index contributed by atoms with van der Waals surface area (Å²) < 4.78 is 5.65. The lowest BCUT2D eigenvalue weighted by Gasteiger charge is -2.18. The van der Waals surface area contributed by atoms with Crippen LogP contribution in [0, 0.1) is 24.0 Å². The predicted molar refractivity (Wildman–Crippen MR) is 101 cm³/mol. The zero-order chi connectivity index (χ0) is 19.3. The van der Waals surface area contributed by atoms with Gasteiger partial charge in [0.25, 0.3) is 5.69 Å². The lowest BCUT2D eigenvalue weighted by molar-refractivity contribution is -0.384. The number of carbonyl (C=O) groups is 1. The molecule has 0 N–H and O–H groups in total. The standard InChI is InChI=1S/C19H21ClN2O4/c1-13-8-14(2)10-17(9-13)26-7-6-19(23)21(3)12-15-11-16(22(24)25)4-5-18(15)20/h4-5,8-11H,6-7,12H2,1-3H3. The highest BCUT2D eigenvalue weighted by molar-refractivity contribution is 6.31. The molecule has 26 heavy (non-hydrogen) atoms. The van der Waals surface area contributed by atoms with Crippen LogP contribution in [0.3, 0.4) is 0 Å². The van der Waals surface area contributed by atoms with Crippen molar-refractivity contribution in [3.63, 3.8) is 0 Å². The number of nitro groups is 1. The third-order valence-electron chi connectivity index (χ3n) is 3.85. The molecular weight excluding hydrogens is 356 g/mol. The van der Waals surface area contributed by atoms with Gasteiger partial charge in [0, 0.05) is 30.7 Å². The number of nitrogens with zero attached hydrogens (tertiary/aromatic N) is 2. The van der Waals surface area contributed by atoms with Gasteiger partial charge in [0.15, 0.2) is 0 Å². The molecule has 0 radical (unpaired) electrons. The Hall–Kier alpha value is -2.60. The van der Waals surface area contributed by atoms with Crippen LogP contribution in [0.25, 0.3) is 0 Å². The van der Waals surface area contributed by atoms with Crippen molar-refractivity contribution in [2.75, 3.05) is 13.7 Å². The van der Waals surface area contributed by atoms with E-state index in [9.17, 15) is 14.9 Å². The summed E-state index contributed by atoms with van der Waals surface area (Å²) in [5.74, 6) is 0.608. The maximum absolute atomic E-state index is 12.3. The number of aryl methyl sites for hydroxylation is 2. The highest BCUT2D eigenvalue weighted by Gasteiger charge is 2.15. The third-order valence-corrected chi connectivity index (χ3v) is 4.22. The van der Waals surface area contributed by atoms with E-state index in [0.717, 1.165) is 16.9 Å². The number of carbonyl (C=O) groups excluding carboxylic acids is 1. The van der Waals surface area contributed by atoms with Crippen molar-refractivity contribution in [2.45, 2.75) is 26.8 Å². The summed E-state index contributed by atoms with van der Waals surface area (Å²) in [7, 11) is 1.63. The van der Waals surface area contributed by atoms with Crippen molar-refractivity contribution in [3.8, 4) is 5.75 Å². The molecule has 0 fully saturated rings. The summed E-state index contributed by atoms with van der Waals surface area (Å²) in [4.78, 5) is 24.1. The minimum atomic E-state index is -0.487. The molecule has 0 atom stereocenters. The van der Waals surface area contributed by atoms with Gasteiger partial charge in [-0.3, -0.25) is 14.9 Å². The largest absolute Gasteiger partial charge is 0.493 e. The van der Waals surface area contributed by atoms with Gasteiger partial charge in [-0.25, -0.2) is 0 Å². The molecule has 2 aromatic carbocycles. The maximum Gasteiger partial charge on any atom is 0.269 e. The molecule has 0 aliphatic carbocycles. The molecule has 0 aliphatic heterocycles. The number of nitro benzene ring substituents is 1. The van der Waals surface area contributed by atoms with Crippen LogP contribution in [0.1, 0.15) is 23.1 Å². The zero-order valence-electron chi connectivity index (χ0n) is 15.0. The average molecular weight is 377 g/mol. The predicted octanol–water partition coefficient (Wildman–Crippen LogP) is 4.29. The van der Waals surface area contributed by atoms with Gasteiger partial charge in [0.05, 0.1) is 18.0 Å². The number of benzene rings is 2. The SMILES string of the molecule is Cc1cc(C)cc(OCCC(=O)N(C)Cc2cc([N+](=O)[O-])ccc2Cl)c1. The van der Waals surface area contributed by atoms with Gasteiger partial charge in [0.1, 0.15) is 5.75 Å². The van der Waals surface area contributed by atoms with Gasteiger partial charge in [0.2, 0.25) is 5.91 Å². The second kappa shape index (κ2) is 8.67. The van der Waals surface area contributed by atoms with E-state index in [1.165, 1.54) is 23.1 Å². The van der Waals surface area contributed by atoms with Crippen LogP contribution in [0.4, 0.5) is 5.69 Å². The Bertz CT molecular complexity index is 803. The van der Waals surface area contributed by atoms with Crippen LogP contribution in [0.15, 0.2) is 36.4 Å². The summed E-state index contributed by atoms with van der Waals surface area (Å²) in [6.45, 7) is 4.43. The minimum Gasteiger partial charge on any atom is -0.493 e. The van der Waals surface area contributed by atoms with Crippen LogP contribution in [0.2, 0.25) is 5.02 Å².